The van der Waals surface area contributed by atoms with Crippen molar-refractivity contribution < 1.29 is 4.79 Å². The highest BCUT2D eigenvalue weighted by Crippen LogP contribution is 2.04. The van der Waals surface area contributed by atoms with Crippen molar-refractivity contribution in [3.05, 3.63) is 30.1 Å². The van der Waals surface area contributed by atoms with Crippen LogP contribution in [0.25, 0.3) is 0 Å². The first-order valence-corrected chi connectivity index (χ1v) is 9.26. The molecule has 0 fully saturated rings. The number of hydrogen-bond donors (Lipinski definition) is 2. The molecule has 1 heterocycles. The second-order valence-electron chi connectivity index (χ2n) is 6.14. The number of likely N-dealkylation sites (N-methyl/N-ethyl adjacent to an activating group) is 1. The summed E-state index contributed by atoms with van der Waals surface area (Å²) in [6, 6.07) is 5.83. The third kappa shape index (κ3) is 8.52. The molecule has 6 heteroatoms. The fraction of sp³-hybridized carbons (Fsp3) is 0.632. The largest absolute Gasteiger partial charge is 0.357 e. The number of hydrogen-bond acceptors (Lipinski definition) is 3. The van der Waals surface area contributed by atoms with Crippen LogP contribution in [0.3, 0.4) is 0 Å². The lowest BCUT2D eigenvalue weighted by atomic mass is 10.0. The Labute approximate surface area is 152 Å². The van der Waals surface area contributed by atoms with Crippen LogP contribution < -0.4 is 10.6 Å². The van der Waals surface area contributed by atoms with E-state index in [1.165, 1.54) is 0 Å². The average Bonchev–Trinajstić information content (AvgIpc) is 2.65. The maximum Gasteiger partial charge on any atom is 0.244 e. The second-order valence-corrected chi connectivity index (χ2v) is 6.14. The van der Waals surface area contributed by atoms with E-state index in [1.54, 1.807) is 11.1 Å². The first-order chi connectivity index (χ1) is 12.1. The molecule has 0 aliphatic rings. The number of aliphatic imine (C=N–C) groups is 1. The zero-order valence-electron chi connectivity index (χ0n) is 16.1. The van der Waals surface area contributed by atoms with Crippen LogP contribution in [0.15, 0.2) is 29.4 Å². The Kier molecular flexibility index (Phi) is 10.3. The molecule has 0 bridgehead atoms. The van der Waals surface area contributed by atoms with E-state index in [0.717, 1.165) is 38.0 Å². The number of guanidine groups is 1. The molecule has 0 spiro atoms. The first-order valence-electron chi connectivity index (χ1n) is 9.26. The van der Waals surface area contributed by atoms with Crippen molar-refractivity contribution >= 4 is 11.9 Å². The summed E-state index contributed by atoms with van der Waals surface area (Å²) in [6.45, 7) is 8.86. The molecule has 1 amide bonds. The Balaban J connectivity index is 2.46. The smallest absolute Gasteiger partial charge is 0.244 e. The van der Waals surface area contributed by atoms with Gasteiger partial charge in [-0.2, -0.15) is 0 Å². The minimum absolute atomic E-state index is 0.00988. The van der Waals surface area contributed by atoms with E-state index >= 15 is 0 Å². The highest BCUT2D eigenvalue weighted by atomic mass is 16.2. The summed E-state index contributed by atoms with van der Waals surface area (Å²) in [6.07, 6.45) is 4.80. The van der Waals surface area contributed by atoms with Crippen LogP contribution in [0.2, 0.25) is 0 Å². The Morgan fingerprint density at radius 1 is 1.24 bits per heavy atom. The Hall–Kier alpha value is -2.11. The molecule has 2 N–H and O–H groups in total. The molecule has 0 saturated heterocycles. The van der Waals surface area contributed by atoms with Crippen molar-refractivity contribution in [2.24, 2.45) is 10.9 Å². The summed E-state index contributed by atoms with van der Waals surface area (Å²) in [7, 11) is 1.81. The summed E-state index contributed by atoms with van der Waals surface area (Å²) in [5.74, 6) is 1.34. The van der Waals surface area contributed by atoms with Crippen LogP contribution in [-0.2, 0) is 11.2 Å². The van der Waals surface area contributed by atoms with Crippen LogP contribution in [0.5, 0.6) is 0 Å². The summed E-state index contributed by atoms with van der Waals surface area (Å²) in [5.41, 5.74) is 0.992. The van der Waals surface area contributed by atoms with Crippen LogP contribution in [-0.4, -0.2) is 55.0 Å². The molecule has 0 unspecified atom stereocenters. The van der Waals surface area contributed by atoms with Crippen molar-refractivity contribution in [2.45, 2.75) is 40.0 Å². The van der Waals surface area contributed by atoms with E-state index < -0.39 is 0 Å². The van der Waals surface area contributed by atoms with Gasteiger partial charge < -0.3 is 15.5 Å². The van der Waals surface area contributed by atoms with Crippen LogP contribution in [0.4, 0.5) is 0 Å². The molecule has 0 atom stereocenters. The third-order valence-electron chi connectivity index (χ3n) is 4.28. The van der Waals surface area contributed by atoms with Gasteiger partial charge in [0.15, 0.2) is 5.96 Å². The second kappa shape index (κ2) is 12.3. The predicted octanol–water partition coefficient (Wildman–Crippen LogP) is 2.07. The van der Waals surface area contributed by atoms with Gasteiger partial charge >= 0.3 is 0 Å². The van der Waals surface area contributed by atoms with Crippen LogP contribution in [0, 0.1) is 5.92 Å². The van der Waals surface area contributed by atoms with Gasteiger partial charge in [-0.25, -0.2) is 4.99 Å². The van der Waals surface area contributed by atoms with Crippen LogP contribution >= 0.6 is 0 Å². The van der Waals surface area contributed by atoms with E-state index in [-0.39, 0.29) is 12.5 Å². The molecule has 0 aliphatic heterocycles. The molecule has 25 heavy (non-hydrogen) atoms. The van der Waals surface area contributed by atoms with E-state index in [4.69, 9.17) is 0 Å². The number of carbonyl (C=O) groups excluding carboxylic acids is 1. The molecule has 1 rings (SSSR count). The van der Waals surface area contributed by atoms with Gasteiger partial charge in [0.2, 0.25) is 5.91 Å². The molecule has 1 aromatic heterocycles. The quantitative estimate of drug-likeness (QED) is 0.502. The molecule has 0 aliphatic carbocycles. The minimum atomic E-state index is 0.00988. The maximum absolute atomic E-state index is 12.3. The molecule has 0 saturated carbocycles. The van der Waals surface area contributed by atoms with Gasteiger partial charge in [-0.15, -0.1) is 0 Å². The number of pyridine rings is 1. The van der Waals surface area contributed by atoms with E-state index in [1.807, 2.05) is 32.2 Å². The van der Waals surface area contributed by atoms with Gasteiger partial charge in [0, 0.05) is 45.0 Å². The van der Waals surface area contributed by atoms with Crippen molar-refractivity contribution in [2.75, 3.05) is 33.2 Å². The molecule has 0 radical (unpaired) electrons. The zero-order chi connectivity index (χ0) is 18.5. The van der Waals surface area contributed by atoms with Crippen molar-refractivity contribution in [1.82, 2.24) is 20.5 Å². The van der Waals surface area contributed by atoms with Crippen molar-refractivity contribution in [3.8, 4) is 0 Å². The first kappa shape index (κ1) is 20.9. The standard InChI is InChI=1S/C19H33N5O/c1-5-16(6-2)14-22-19(20-7-3)23-15-18(25)24(4)13-11-17-10-8-9-12-21-17/h8-10,12,16H,5-7,11,13-15H2,1-4H3,(H2,20,22,23). The SMILES string of the molecule is CCNC(=NCC(=O)N(C)CCc1ccccn1)NCC(CC)CC. The summed E-state index contributed by atoms with van der Waals surface area (Å²) < 4.78 is 0. The van der Waals surface area contributed by atoms with Gasteiger partial charge in [-0.1, -0.05) is 32.8 Å². The lowest BCUT2D eigenvalue weighted by Gasteiger charge is -2.18. The summed E-state index contributed by atoms with van der Waals surface area (Å²) in [5, 5.41) is 6.53. The molecule has 0 aromatic carbocycles. The van der Waals surface area contributed by atoms with E-state index in [9.17, 15) is 4.79 Å². The number of rotatable bonds is 10. The number of aromatic nitrogens is 1. The van der Waals surface area contributed by atoms with Gasteiger partial charge in [-0.05, 0) is 25.0 Å². The molecule has 140 valence electrons. The van der Waals surface area contributed by atoms with Gasteiger partial charge in [0.25, 0.3) is 0 Å². The van der Waals surface area contributed by atoms with Gasteiger partial charge in [0.1, 0.15) is 6.54 Å². The zero-order valence-corrected chi connectivity index (χ0v) is 16.1. The van der Waals surface area contributed by atoms with E-state index in [0.29, 0.717) is 18.4 Å². The molecular weight excluding hydrogens is 314 g/mol. The lowest BCUT2D eigenvalue weighted by Crippen LogP contribution is -2.40. The number of nitrogens with one attached hydrogen (secondary N) is 2. The fourth-order valence-electron chi connectivity index (χ4n) is 2.38. The molecule has 6 nitrogen and oxygen atoms in total. The van der Waals surface area contributed by atoms with Gasteiger partial charge in [-0.3, -0.25) is 9.78 Å². The number of carbonyl (C=O) groups is 1. The minimum Gasteiger partial charge on any atom is -0.357 e. The monoisotopic (exact) mass is 347 g/mol. The Bertz CT molecular complexity index is 514. The topological polar surface area (TPSA) is 69.6 Å². The Morgan fingerprint density at radius 2 is 2.00 bits per heavy atom. The Morgan fingerprint density at radius 3 is 2.60 bits per heavy atom. The van der Waals surface area contributed by atoms with Crippen LogP contribution in [0.1, 0.15) is 39.3 Å². The molecular formula is C19H33N5O. The third-order valence-corrected chi connectivity index (χ3v) is 4.28. The lowest BCUT2D eigenvalue weighted by molar-refractivity contribution is -0.128. The normalized spacial score (nSPS) is 11.5. The fourth-order valence-corrected chi connectivity index (χ4v) is 2.38. The number of nitrogens with zero attached hydrogens (tertiary/aromatic N) is 3. The number of amides is 1. The van der Waals surface area contributed by atoms with Gasteiger partial charge in [0.05, 0.1) is 0 Å². The molecule has 1 aromatic rings. The highest BCUT2D eigenvalue weighted by Gasteiger charge is 2.10. The van der Waals surface area contributed by atoms with Crippen molar-refractivity contribution in [3.63, 3.8) is 0 Å². The summed E-state index contributed by atoms with van der Waals surface area (Å²) in [4.78, 5) is 22.7. The predicted molar refractivity (Wildman–Crippen MR) is 104 cm³/mol. The average molecular weight is 348 g/mol. The van der Waals surface area contributed by atoms with Crippen molar-refractivity contribution in [1.29, 1.82) is 0 Å². The highest BCUT2D eigenvalue weighted by molar-refractivity contribution is 5.84. The van der Waals surface area contributed by atoms with E-state index in [2.05, 4.69) is 34.5 Å². The summed E-state index contributed by atoms with van der Waals surface area (Å²) >= 11 is 0. The maximum atomic E-state index is 12.3.